The van der Waals surface area contributed by atoms with E-state index in [1.54, 1.807) is 0 Å². The maximum Gasteiger partial charge on any atom is 0.179 e. The molecular weight excluding hydrogens is 176 g/mol. The molecule has 1 aliphatic rings. The Morgan fingerprint density at radius 1 is 1.58 bits per heavy atom. The number of hydrogen-bond acceptors (Lipinski definition) is 4. The molecule has 4 nitrogen and oxygen atoms in total. The van der Waals surface area contributed by atoms with E-state index in [1.807, 2.05) is 13.1 Å². The van der Waals surface area contributed by atoms with Gasteiger partial charge in [-0.05, 0) is 13.3 Å². The molecule has 0 saturated carbocycles. The molecule has 1 saturated heterocycles. The van der Waals surface area contributed by atoms with Crippen LogP contribution in [0.3, 0.4) is 0 Å². The molecule has 0 bridgehead atoms. The van der Waals surface area contributed by atoms with Gasteiger partial charge in [0.05, 0.1) is 5.25 Å². The Balaban J connectivity index is 2.75. The monoisotopic (exact) mass is 188 g/mol. The van der Waals surface area contributed by atoms with E-state index >= 15 is 0 Å². The summed E-state index contributed by atoms with van der Waals surface area (Å²) >= 11 is 0. The molecule has 5 heteroatoms. The van der Waals surface area contributed by atoms with Crippen molar-refractivity contribution in [2.75, 3.05) is 12.8 Å². The molecule has 68 valence electrons. The standard InChI is InChI=1S/C7H12N2O2S/c1-6-3-7(12(2,10)11)4-9(6)5-8/h6-7H,3-4H2,1-2H3/t6-,7+/m1/s1. The van der Waals surface area contributed by atoms with Crippen LogP contribution in [-0.2, 0) is 9.84 Å². The molecule has 0 aliphatic carbocycles. The highest BCUT2D eigenvalue weighted by atomic mass is 32.2. The van der Waals surface area contributed by atoms with E-state index in [-0.39, 0.29) is 11.3 Å². The minimum absolute atomic E-state index is 0.0646. The van der Waals surface area contributed by atoms with Crippen molar-refractivity contribution in [2.45, 2.75) is 24.6 Å². The fourth-order valence-electron chi connectivity index (χ4n) is 1.43. The zero-order valence-corrected chi connectivity index (χ0v) is 8.00. The Kier molecular flexibility index (Phi) is 2.29. The van der Waals surface area contributed by atoms with Crippen molar-refractivity contribution in [3.63, 3.8) is 0 Å². The first kappa shape index (κ1) is 9.33. The van der Waals surface area contributed by atoms with Crippen LogP contribution in [0.15, 0.2) is 0 Å². The minimum atomic E-state index is -2.97. The second-order valence-electron chi connectivity index (χ2n) is 3.29. The average molecular weight is 188 g/mol. The number of hydrogen-bond donors (Lipinski definition) is 0. The van der Waals surface area contributed by atoms with Gasteiger partial charge >= 0.3 is 0 Å². The van der Waals surface area contributed by atoms with Crippen LogP contribution in [0.25, 0.3) is 0 Å². The smallest absolute Gasteiger partial charge is 0.179 e. The van der Waals surface area contributed by atoms with Gasteiger partial charge in [0.1, 0.15) is 0 Å². The van der Waals surface area contributed by atoms with Crippen molar-refractivity contribution < 1.29 is 8.42 Å². The van der Waals surface area contributed by atoms with Crippen LogP contribution >= 0.6 is 0 Å². The van der Waals surface area contributed by atoms with E-state index in [0.717, 1.165) is 0 Å². The zero-order valence-electron chi connectivity index (χ0n) is 7.19. The highest BCUT2D eigenvalue weighted by molar-refractivity contribution is 7.91. The number of rotatable bonds is 1. The van der Waals surface area contributed by atoms with Crippen molar-refractivity contribution >= 4 is 9.84 Å². The lowest BCUT2D eigenvalue weighted by atomic mass is 10.2. The normalized spacial score (nSPS) is 30.2. The lowest BCUT2D eigenvalue weighted by Gasteiger charge is -2.10. The molecule has 0 spiro atoms. The molecule has 1 fully saturated rings. The summed E-state index contributed by atoms with van der Waals surface area (Å²) in [4.78, 5) is 1.52. The van der Waals surface area contributed by atoms with Crippen LogP contribution in [-0.4, -0.2) is 37.4 Å². The highest BCUT2D eigenvalue weighted by Crippen LogP contribution is 2.21. The fraction of sp³-hybridized carbons (Fsp3) is 0.857. The Hall–Kier alpha value is -0.760. The molecule has 1 rings (SSSR count). The first-order chi connectivity index (χ1) is 5.45. The third kappa shape index (κ3) is 1.69. The second-order valence-corrected chi connectivity index (χ2v) is 5.61. The summed E-state index contributed by atoms with van der Waals surface area (Å²) in [5.74, 6) is 0. The molecule has 0 N–H and O–H groups in total. The fourth-order valence-corrected chi connectivity index (χ4v) is 2.49. The molecule has 12 heavy (non-hydrogen) atoms. The largest absolute Gasteiger partial charge is 0.307 e. The first-order valence-electron chi connectivity index (χ1n) is 3.80. The van der Waals surface area contributed by atoms with Gasteiger partial charge in [-0.1, -0.05) is 0 Å². The van der Waals surface area contributed by atoms with E-state index in [4.69, 9.17) is 5.26 Å². The number of sulfone groups is 1. The lowest BCUT2D eigenvalue weighted by molar-refractivity contribution is 0.388. The maximum absolute atomic E-state index is 11.1. The van der Waals surface area contributed by atoms with Crippen molar-refractivity contribution in [1.82, 2.24) is 4.90 Å². The molecule has 2 atom stereocenters. The van der Waals surface area contributed by atoms with Crippen LogP contribution in [0.4, 0.5) is 0 Å². The van der Waals surface area contributed by atoms with Gasteiger partial charge in [0.2, 0.25) is 0 Å². The summed E-state index contributed by atoms with van der Waals surface area (Å²) in [5, 5.41) is 8.25. The maximum atomic E-state index is 11.1. The van der Waals surface area contributed by atoms with Gasteiger partial charge in [0.25, 0.3) is 0 Å². The summed E-state index contributed by atoms with van der Waals surface area (Å²) < 4.78 is 22.2. The van der Waals surface area contributed by atoms with Gasteiger partial charge in [-0.25, -0.2) is 8.42 Å². The minimum Gasteiger partial charge on any atom is -0.307 e. The molecule has 0 aromatic heterocycles. The Bertz CT molecular complexity index is 304. The third-order valence-electron chi connectivity index (χ3n) is 2.27. The summed E-state index contributed by atoms with van der Waals surface area (Å²) in [6, 6.07) is 0.0646. The number of likely N-dealkylation sites (tertiary alicyclic amines) is 1. The van der Waals surface area contributed by atoms with E-state index in [2.05, 4.69) is 0 Å². The van der Waals surface area contributed by atoms with Crippen molar-refractivity contribution in [3.05, 3.63) is 0 Å². The van der Waals surface area contributed by atoms with Gasteiger partial charge in [-0.15, -0.1) is 0 Å². The molecule has 0 radical (unpaired) electrons. The second kappa shape index (κ2) is 2.94. The molecule has 1 heterocycles. The highest BCUT2D eigenvalue weighted by Gasteiger charge is 2.34. The summed E-state index contributed by atoms with van der Waals surface area (Å²) in [6.07, 6.45) is 3.79. The Morgan fingerprint density at radius 2 is 2.17 bits per heavy atom. The molecular formula is C7H12N2O2S. The molecule has 1 aliphatic heterocycles. The topological polar surface area (TPSA) is 61.2 Å². The summed E-state index contributed by atoms with van der Waals surface area (Å²) in [7, 11) is -2.97. The Morgan fingerprint density at radius 3 is 2.42 bits per heavy atom. The number of nitrogens with zero attached hydrogens (tertiary/aromatic N) is 2. The summed E-state index contributed by atoms with van der Waals surface area (Å²) in [5.41, 5.74) is 0. The molecule has 0 amide bonds. The van der Waals surface area contributed by atoms with Crippen molar-refractivity contribution in [1.29, 1.82) is 5.26 Å². The molecule has 0 unspecified atom stereocenters. The van der Waals surface area contributed by atoms with E-state index in [9.17, 15) is 8.42 Å². The predicted molar refractivity (Wildman–Crippen MR) is 45.0 cm³/mol. The van der Waals surface area contributed by atoms with E-state index in [1.165, 1.54) is 11.2 Å². The van der Waals surface area contributed by atoms with Crippen molar-refractivity contribution in [2.24, 2.45) is 0 Å². The Labute approximate surface area is 72.7 Å². The van der Waals surface area contributed by atoms with Crippen LogP contribution in [0.2, 0.25) is 0 Å². The van der Waals surface area contributed by atoms with E-state index < -0.39 is 9.84 Å². The van der Waals surface area contributed by atoms with Gasteiger partial charge < -0.3 is 4.90 Å². The zero-order chi connectivity index (χ0) is 9.35. The van der Waals surface area contributed by atoms with Crippen LogP contribution in [0, 0.1) is 11.5 Å². The van der Waals surface area contributed by atoms with E-state index in [0.29, 0.717) is 13.0 Å². The SMILES string of the molecule is C[C@@H]1C[C@H](S(C)(=O)=O)CN1C#N. The average Bonchev–Trinajstić information content (AvgIpc) is 2.29. The van der Waals surface area contributed by atoms with Crippen molar-refractivity contribution in [3.8, 4) is 6.19 Å². The van der Waals surface area contributed by atoms with Crippen LogP contribution in [0.5, 0.6) is 0 Å². The predicted octanol–water partition coefficient (Wildman–Crippen LogP) is -0.0251. The van der Waals surface area contributed by atoms with Crippen LogP contribution in [0.1, 0.15) is 13.3 Å². The summed E-state index contributed by atoms with van der Waals surface area (Å²) in [6.45, 7) is 2.23. The first-order valence-corrected chi connectivity index (χ1v) is 5.76. The van der Waals surface area contributed by atoms with Gasteiger partial charge in [0, 0.05) is 18.8 Å². The van der Waals surface area contributed by atoms with Gasteiger partial charge in [-0.2, -0.15) is 5.26 Å². The third-order valence-corrected chi connectivity index (χ3v) is 3.82. The van der Waals surface area contributed by atoms with Crippen LogP contribution < -0.4 is 0 Å². The number of nitriles is 1. The molecule has 0 aromatic rings. The van der Waals surface area contributed by atoms with Gasteiger partial charge in [0.15, 0.2) is 16.0 Å². The lowest BCUT2D eigenvalue weighted by Crippen LogP contribution is -2.24. The van der Waals surface area contributed by atoms with Gasteiger partial charge in [-0.3, -0.25) is 0 Å². The quantitative estimate of drug-likeness (QED) is 0.542. The molecule has 0 aromatic carbocycles.